The molecule has 2 N–H and O–H groups in total. The molecule has 7 nitrogen and oxygen atoms in total. The number of nitrogens with one attached hydrogen (secondary N) is 2. The van der Waals surface area contributed by atoms with E-state index in [-0.39, 0.29) is 31.2 Å². The third-order valence-corrected chi connectivity index (χ3v) is 4.95. The summed E-state index contributed by atoms with van der Waals surface area (Å²) in [6, 6.07) is 2.25. The number of hydrogen-bond donors (Lipinski definition) is 2. The van der Waals surface area contributed by atoms with E-state index in [1.54, 1.807) is 6.07 Å². The molecule has 1 aromatic rings. The standard InChI is InChI=1S/C18H23FN4O3/c1-20-17(25)15(3-2-8-24)23-11-12-9-16(22-6-4-21-5-7-22)14(19)10-13(12)18(23)26/h8-10,15,21H,2-7,11H2,1H3,(H,20,25). The van der Waals surface area contributed by atoms with Crippen LogP contribution in [0.25, 0.3) is 0 Å². The van der Waals surface area contributed by atoms with Crippen molar-refractivity contribution in [3.8, 4) is 0 Å². The Morgan fingerprint density at radius 1 is 1.38 bits per heavy atom. The van der Waals surface area contributed by atoms with Crippen molar-refractivity contribution >= 4 is 23.8 Å². The van der Waals surface area contributed by atoms with Crippen LogP contribution in [0.1, 0.15) is 28.8 Å². The van der Waals surface area contributed by atoms with Crippen molar-refractivity contribution in [1.82, 2.24) is 15.5 Å². The molecule has 140 valence electrons. The molecule has 2 heterocycles. The molecular weight excluding hydrogens is 339 g/mol. The number of likely N-dealkylation sites (N-methyl/N-ethyl adjacent to an activating group) is 1. The highest BCUT2D eigenvalue weighted by atomic mass is 19.1. The molecule has 2 aliphatic rings. The van der Waals surface area contributed by atoms with E-state index in [4.69, 9.17) is 0 Å². The van der Waals surface area contributed by atoms with Gasteiger partial charge < -0.3 is 25.2 Å². The van der Waals surface area contributed by atoms with E-state index in [1.807, 2.05) is 4.90 Å². The van der Waals surface area contributed by atoms with E-state index in [0.717, 1.165) is 19.4 Å². The second-order valence-corrected chi connectivity index (χ2v) is 6.50. The summed E-state index contributed by atoms with van der Waals surface area (Å²) in [6.45, 7) is 3.21. The summed E-state index contributed by atoms with van der Waals surface area (Å²) in [6.07, 6.45) is 1.15. The van der Waals surface area contributed by atoms with Gasteiger partial charge in [0.25, 0.3) is 5.91 Å². The first-order valence-electron chi connectivity index (χ1n) is 8.81. The number of rotatable bonds is 6. The zero-order valence-electron chi connectivity index (χ0n) is 14.8. The largest absolute Gasteiger partial charge is 0.367 e. The molecule has 26 heavy (non-hydrogen) atoms. The Hall–Kier alpha value is -2.48. The lowest BCUT2D eigenvalue weighted by Crippen LogP contribution is -2.46. The number of benzene rings is 1. The SMILES string of the molecule is CNC(=O)C(CCC=O)N1Cc2cc(N3CCNCC3)c(F)cc2C1=O. The van der Waals surface area contributed by atoms with Gasteiger partial charge in [0.05, 0.1) is 5.69 Å². The number of piperazine rings is 1. The molecule has 0 aromatic heterocycles. The lowest BCUT2D eigenvalue weighted by Gasteiger charge is -2.30. The highest BCUT2D eigenvalue weighted by Crippen LogP contribution is 2.32. The Morgan fingerprint density at radius 3 is 2.77 bits per heavy atom. The Balaban J connectivity index is 1.87. The van der Waals surface area contributed by atoms with Gasteiger partial charge in [-0.25, -0.2) is 4.39 Å². The summed E-state index contributed by atoms with van der Waals surface area (Å²) >= 11 is 0. The minimum absolute atomic E-state index is 0.179. The summed E-state index contributed by atoms with van der Waals surface area (Å²) in [7, 11) is 1.49. The zero-order chi connectivity index (χ0) is 18.7. The second-order valence-electron chi connectivity index (χ2n) is 6.50. The number of aldehydes is 1. The number of nitrogens with zero attached hydrogens (tertiary/aromatic N) is 2. The van der Waals surface area contributed by atoms with Crippen molar-refractivity contribution < 1.29 is 18.8 Å². The monoisotopic (exact) mass is 362 g/mol. The third-order valence-electron chi connectivity index (χ3n) is 4.95. The first-order chi connectivity index (χ1) is 12.6. The number of amides is 2. The van der Waals surface area contributed by atoms with Crippen molar-refractivity contribution in [1.29, 1.82) is 0 Å². The van der Waals surface area contributed by atoms with Crippen LogP contribution >= 0.6 is 0 Å². The van der Waals surface area contributed by atoms with Crippen LogP contribution in [0.4, 0.5) is 10.1 Å². The predicted octanol–water partition coefficient (Wildman–Crippen LogP) is 0.285. The van der Waals surface area contributed by atoms with Crippen LogP contribution in [-0.4, -0.2) is 62.3 Å². The molecular formula is C18H23FN4O3. The smallest absolute Gasteiger partial charge is 0.255 e. The quantitative estimate of drug-likeness (QED) is 0.711. The van der Waals surface area contributed by atoms with Gasteiger partial charge in [0, 0.05) is 51.8 Å². The molecule has 3 rings (SSSR count). The maximum atomic E-state index is 14.6. The van der Waals surface area contributed by atoms with Gasteiger partial charge in [-0.2, -0.15) is 0 Å². The summed E-state index contributed by atoms with van der Waals surface area (Å²) < 4.78 is 14.6. The van der Waals surface area contributed by atoms with Crippen LogP contribution < -0.4 is 15.5 Å². The Morgan fingerprint density at radius 2 is 2.12 bits per heavy atom. The van der Waals surface area contributed by atoms with E-state index in [9.17, 15) is 18.8 Å². The van der Waals surface area contributed by atoms with Gasteiger partial charge in [0.1, 0.15) is 18.1 Å². The lowest BCUT2D eigenvalue weighted by atomic mass is 10.1. The van der Waals surface area contributed by atoms with E-state index >= 15 is 0 Å². The molecule has 2 aliphatic heterocycles. The maximum Gasteiger partial charge on any atom is 0.255 e. The van der Waals surface area contributed by atoms with E-state index in [1.165, 1.54) is 18.0 Å². The number of carbonyl (C=O) groups is 3. The van der Waals surface area contributed by atoms with Crippen LogP contribution in [0.15, 0.2) is 12.1 Å². The van der Waals surface area contributed by atoms with Crippen LogP contribution in [0.5, 0.6) is 0 Å². The van der Waals surface area contributed by atoms with E-state index < -0.39 is 11.9 Å². The second kappa shape index (κ2) is 7.82. The van der Waals surface area contributed by atoms with Gasteiger partial charge in [-0.1, -0.05) is 0 Å². The molecule has 0 aliphatic carbocycles. The van der Waals surface area contributed by atoms with Crippen molar-refractivity contribution in [2.24, 2.45) is 0 Å². The van der Waals surface area contributed by atoms with Crippen LogP contribution in [0.2, 0.25) is 0 Å². The maximum absolute atomic E-state index is 14.6. The minimum atomic E-state index is -0.740. The third kappa shape index (κ3) is 3.41. The van der Waals surface area contributed by atoms with Gasteiger partial charge in [-0.15, -0.1) is 0 Å². The number of halogens is 1. The molecule has 1 unspecified atom stereocenters. The Bertz CT molecular complexity index is 719. The topological polar surface area (TPSA) is 81.8 Å². The average Bonchev–Trinajstić information content (AvgIpc) is 2.97. The molecule has 1 aromatic carbocycles. The summed E-state index contributed by atoms with van der Waals surface area (Å²) in [5.74, 6) is -1.12. The molecule has 1 saturated heterocycles. The van der Waals surface area contributed by atoms with Gasteiger partial charge >= 0.3 is 0 Å². The van der Waals surface area contributed by atoms with Crippen molar-refractivity contribution in [3.05, 3.63) is 29.1 Å². The van der Waals surface area contributed by atoms with Crippen LogP contribution in [-0.2, 0) is 16.1 Å². The van der Waals surface area contributed by atoms with Gasteiger partial charge in [0.15, 0.2) is 0 Å². The Kier molecular flexibility index (Phi) is 5.51. The molecule has 0 spiro atoms. The molecule has 1 atom stereocenters. The lowest BCUT2D eigenvalue weighted by molar-refractivity contribution is -0.125. The number of hydrogen-bond acceptors (Lipinski definition) is 5. The normalized spacial score (nSPS) is 17.8. The summed E-state index contributed by atoms with van der Waals surface area (Å²) in [4.78, 5) is 39.0. The summed E-state index contributed by atoms with van der Waals surface area (Å²) in [5, 5.41) is 5.76. The van der Waals surface area contributed by atoms with Crippen LogP contribution in [0.3, 0.4) is 0 Å². The fourth-order valence-corrected chi connectivity index (χ4v) is 3.57. The minimum Gasteiger partial charge on any atom is -0.367 e. The van der Waals surface area contributed by atoms with E-state index in [2.05, 4.69) is 10.6 Å². The molecule has 8 heteroatoms. The highest BCUT2D eigenvalue weighted by Gasteiger charge is 2.37. The van der Waals surface area contributed by atoms with Crippen molar-refractivity contribution in [2.75, 3.05) is 38.1 Å². The van der Waals surface area contributed by atoms with Gasteiger partial charge in [-0.3, -0.25) is 9.59 Å². The highest BCUT2D eigenvalue weighted by molar-refractivity contribution is 6.01. The first-order valence-corrected chi connectivity index (χ1v) is 8.81. The van der Waals surface area contributed by atoms with Crippen LogP contribution in [0, 0.1) is 5.82 Å². The molecule has 2 amide bonds. The van der Waals surface area contributed by atoms with Crippen molar-refractivity contribution in [3.63, 3.8) is 0 Å². The Labute approximate surface area is 151 Å². The first kappa shape index (κ1) is 18.3. The molecule has 0 saturated carbocycles. The zero-order valence-corrected chi connectivity index (χ0v) is 14.8. The molecule has 0 bridgehead atoms. The molecule has 1 fully saturated rings. The number of carbonyl (C=O) groups excluding carboxylic acids is 3. The average molecular weight is 362 g/mol. The van der Waals surface area contributed by atoms with Crippen molar-refractivity contribution in [2.45, 2.75) is 25.4 Å². The fraction of sp³-hybridized carbons (Fsp3) is 0.500. The fourth-order valence-electron chi connectivity index (χ4n) is 3.57. The van der Waals surface area contributed by atoms with Gasteiger partial charge in [-0.05, 0) is 24.1 Å². The molecule has 0 radical (unpaired) electrons. The predicted molar refractivity (Wildman–Crippen MR) is 94.5 cm³/mol. The number of anilines is 1. The number of fused-ring (bicyclic) bond motifs is 1. The van der Waals surface area contributed by atoms with E-state index in [0.29, 0.717) is 29.9 Å². The van der Waals surface area contributed by atoms with Gasteiger partial charge in [0.2, 0.25) is 5.91 Å². The summed E-state index contributed by atoms with van der Waals surface area (Å²) in [5.41, 5.74) is 1.50.